The van der Waals surface area contributed by atoms with Gasteiger partial charge in [0, 0.05) is 30.4 Å². The molecule has 0 bridgehead atoms. The number of benzene rings is 2. The Hall–Kier alpha value is -3.09. The summed E-state index contributed by atoms with van der Waals surface area (Å²) in [6.45, 7) is 0.475. The number of carbonyl (C=O) groups excluding carboxylic acids is 1. The number of methoxy groups -OCH3 is 4. The van der Waals surface area contributed by atoms with Crippen LogP contribution in [0.5, 0.6) is 23.0 Å². The van der Waals surface area contributed by atoms with E-state index in [1.807, 2.05) is 18.2 Å². The van der Waals surface area contributed by atoms with Crippen molar-refractivity contribution in [3.05, 3.63) is 42.0 Å². The van der Waals surface area contributed by atoms with Crippen LogP contribution in [0.2, 0.25) is 0 Å². The predicted octanol–water partition coefficient (Wildman–Crippen LogP) is 3.09. The van der Waals surface area contributed by atoms with Crippen molar-refractivity contribution in [2.24, 2.45) is 0 Å². The van der Waals surface area contributed by atoms with E-state index >= 15 is 0 Å². The SMILES string of the molecule is COc1cc(NC(=O)NCCc2ccc(OC)c(OC)c2)cc(OC)c1. The molecule has 0 saturated carbocycles. The summed E-state index contributed by atoms with van der Waals surface area (Å²) in [5.74, 6) is 2.54. The van der Waals surface area contributed by atoms with Crippen LogP contribution in [0, 0.1) is 0 Å². The summed E-state index contributed by atoms with van der Waals surface area (Å²) in [5, 5.41) is 5.58. The van der Waals surface area contributed by atoms with Gasteiger partial charge >= 0.3 is 6.03 Å². The number of hydrogen-bond donors (Lipinski definition) is 2. The Morgan fingerprint density at radius 3 is 2.08 bits per heavy atom. The normalized spacial score (nSPS) is 10.0. The Bertz CT molecular complexity index is 726. The van der Waals surface area contributed by atoms with Gasteiger partial charge in [0.25, 0.3) is 0 Å². The number of nitrogens with one attached hydrogen (secondary N) is 2. The maximum Gasteiger partial charge on any atom is 0.319 e. The van der Waals surface area contributed by atoms with Crippen LogP contribution in [0.15, 0.2) is 36.4 Å². The second kappa shape index (κ2) is 9.41. The molecule has 0 aromatic heterocycles. The molecule has 0 unspecified atom stereocenters. The molecule has 2 aromatic carbocycles. The molecule has 2 aromatic rings. The minimum absolute atomic E-state index is 0.305. The highest BCUT2D eigenvalue weighted by molar-refractivity contribution is 5.89. The molecule has 7 nitrogen and oxygen atoms in total. The van der Waals surface area contributed by atoms with E-state index in [1.165, 1.54) is 0 Å². The van der Waals surface area contributed by atoms with E-state index in [0.717, 1.165) is 5.56 Å². The fraction of sp³-hybridized carbons (Fsp3) is 0.316. The number of anilines is 1. The van der Waals surface area contributed by atoms with Gasteiger partial charge in [0.2, 0.25) is 0 Å². The van der Waals surface area contributed by atoms with Crippen molar-refractivity contribution in [3.8, 4) is 23.0 Å². The van der Waals surface area contributed by atoms with E-state index in [4.69, 9.17) is 18.9 Å². The molecule has 7 heteroatoms. The third kappa shape index (κ3) is 5.20. The van der Waals surface area contributed by atoms with Crippen molar-refractivity contribution in [1.82, 2.24) is 5.32 Å². The van der Waals surface area contributed by atoms with Crippen molar-refractivity contribution in [1.29, 1.82) is 0 Å². The Morgan fingerprint density at radius 1 is 0.846 bits per heavy atom. The fourth-order valence-electron chi connectivity index (χ4n) is 2.41. The van der Waals surface area contributed by atoms with E-state index < -0.39 is 0 Å². The highest BCUT2D eigenvalue weighted by Crippen LogP contribution is 2.28. The third-order valence-electron chi connectivity index (χ3n) is 3.76. The number of carbonyl (C=O) groups is 1. The first kappa shape index (κ1) is 19.2. The van der Waals surface area contributed by atoms with E-state index in [-0.39, 0.29) is 6.03 Å². The average Bonchev–Trinajstić information content (AvgIpc) is 2.67. The standard InChI is InChI=1S/C19H24N2O5/c1-23-15-10-14(11-16(12-15)24-2)21-19(22)20-8-7-13-5-6-17(25-3)18(9-13)26-4/h5-6,9-12H,7-8H2,1-4H3,(H2,20,21,22). The summed E-state index contributed by atoms with van der Waals surface area (Å²) in [6.07, 6.45) is 0.662. The second-order valence-electron chi connectivity index (χ2n) is 5.42. The van der Waals surface area contributed by atoms with Crippen LogP contribution >= 0.6 is 0 Å². The smallest absolute Gasteiger partial charge is 0.319 e. The maximum absolute atomic E-state index is 12.1. The van der Waals surface area contributed by atoms with Gasteiger partial charge in [0.1, 0.15) is 11.5 Å². The number of hydrogen-bond acceptors (Lipinski definition) is 5. The topological polar surface area (TPSA) is 78.1 Å². The first-order valence-electron chi connectivity index (χ1n) is 8.08. The number of urea groups is 1. The van der Waals surface area contributed by atoms with Gasteiger partial charge in [0.15, 0.2) is 11.5 Å². The van der Waals surface area contributed by atoms with Gasteiger partial charge in [-0.05, 0) is 24.1 Å². The molecule has 0 atom stereocenters. The number of rotatable bonds is 8. The van der Waals surface area contributed by atoms with Crippen LogP contribution in [-0.2, 0) is 6.42 Å². The summed E-state index contributed by atoms with van der Waals surface area (Å²) < 4.78 is 20.9. The van der Waals surface area contributed by atoms with Crippen LogP contribution < -0.4 is 29.6 Å². The zero-order valence-corrected chi connectivity index (χ0v) is 15.4. The molecule has 0 fully saturated rings. The number of amides is 2. The monoisotopic (exact) mass is 360 g/mol. The molecule has 0 aliphatic carbocycles. The van der Waals surface area contributed by atoms with Gasteiger partial charge < -0.3 is 29.6 Å². The minimum atomic E-state index is -0.305. The molecule has 0 spiro atoms. The molecule has 0 aliphatic heterocycles. The van der Waals surface area contributed by atoms with Crippen molar-refractivity contribution >= 4 is 11.7 Å². The van der Waals surface area contributed by atoms with Gasteiger partial charge in [-0.3, -0.25) is 0 Å². The molecule has 2 N–H and O–H groups in total. The van der Waals surface area contributed by atoms with E-state index in [1.54, 1.807) is 46.6 Å². The van der Waals surface area contributed by atoms with Gasteiger partial charge in [-0.15, -0.1) is 0 Å². The number of ether oxygens (including phenoxy) is 4. The first-order valence-corrected chi connectivity index (χ1v) is 8.08. The first-order chi connectivity index (χ1) is 12.6. The van der Waals surface area contributed by atoms with Gasteiger partial charge in [-0.25, -0.2) is 4.79 Å². The lowest BCUT2D eigenvalue weighted by Gasteiger charge is -2.12. The minimum Gasteiger partial charge on any atom is -0.497 e. The summed E-state index contributed by atoms with van der Waals surface area (Å²) in [4.78, 5) is 12.1. The lowest BCUT2D eigenvalue weighted by atomic mass is 10.1. The molecule has 0 radical (unpaired) electrons. The average molecular weight is 360 g/mol. The molecule has 0 saturated heterocycles. The summed E-state index contributed by atoms with van der Waals surface area (Å²) in [7, 11) is 6.30. The predicted molar refractivity (Wildman–Crippen MR) is 99.8 cm³/mol. The molecule has 0 heterocycles. The summed E-state index contributed by atoms with van der Waals surface area (Å²) >= 11 is 0. The van der Waals surface area contributed by atoms with Crippen LogP contribution in [0.4, 0.5) is 10.5 Å². The highest BCUT2D eigenvalue weighted by Gasteiger charge is 2.07. The summed E-state index contributed by atoms with van der Waals surface area (Å²) in [6, 6.07) is 10.5. The maximum atomic E-state index is 12.1. The van der Waals surface area contributed by atoms with Crippen LogP contribution in [0.25, 0.3) is 0 Å². The zero-order valence-electron chi connectivity index (χ0n) is 15.4. The Morgan fingerprint density at radius 2 is 1.50 bits per heavy atom. The van der Waals surface area contributed by atoms with E-state index in [2.05, 4.69) is 10.6 Å². The zero-order chi connectivity index (χ0) is 18.9. The third-order valence-corrected chi connectivity index (χ3v) is 3.76. The quantitative estimate of drug-likeness (QED) is 0.756. The van der Waals surface area contributed by atoms with E-state index in [9.17, 15) is 4.79 Å². The van der Waals surface area contributed by atoms with Crippen molar-refractivity contribution < 1.29 is 23.7 Å². The Labute approximate surface area is 153 Å². The summed E-state index contributed by atoms with van der Waals surface area (Å²) in [5.41, 5.74) is 1.62. The Balaban J connectivity index is 1.89. The molecular formula is C19H24N2O5. The lowest BCUT2D eigenvalue weighted by Crippen LogP contribution is -2.30. The van der Waals surface area contributed by atoms with Crippen LogP contribution in [-0.4, -0.2) is 41.0 Å². The Kier molecular flexibility index (Phi) is 6.96. The lowest BCUT2D eigenvalue weighted by molar-refractivity contribution is 0.252. The van der Waals surface area contributed by atoms with Crippen molar-refractivity contribution in [2.75, 3.05) is 40.3 Å². The largest absolute Gasteiger partial charge is 0.497 e. The second-order valence-corrected chi connectivity index (χ2v) is 5.42. The highest BCUT2D eigenvalue weighted by atomic mass is 16.5. The van der Waals surface area contributed by atoms with Crippen LogP contribution in [0.3, 0.4) is 0 Å². The molecule has 2 amide bonds. The fourth-order valence-corrected chi connectivity index (χ4v) is 2.41. The molecule has 140 valence electrons. The van der Waals surface area contributed by atoms with Gasteiger partial charge in [-0.1, -0.05) is 6.07 Å². The molecular weight excluding hydrogens is 336 g/mol. The molecule has 26 heavy (non-hydrogen) atoms. The van der Waals surface area contributed by atoms with Gasteiger partial charge in [0.05, 0.1) is 28.4 Å². The van der Waals surface area contributed by atoms with Crippen molar-refractivity contribution in [3.63, 3.8) is 0 Å². The van der Waals surface area contributed by atoms with Gasteiger partial charge in [-0.2, -0.15) is 0 Å². The van der Waals surface area contributed by atoms with Crippen LogP contribution in [0.1, 0.15) is 5.56 Å². The molecule has 2 rings (SSSR count). The molecule has 0 aliphatic rings. The van der Waals surface area contributed by atoms with E-state index in [0.29, 0.717) is 41.7 Å². The van der Waals surface area contributed by atoms with Crippen molar-refractivity contribution in [2.45, 2.75) is 6.42 Å².